The molecule has 180 valence electrons. The Balaban J connectivity index is 5.53. The van der Waals surface area contributed by atoms with Gasteiger partial charge in [-0.2, -0.15) is 11.8 Å². The maximum Gasteiger partial charge on any atom is 0.326 e. The highest BCUT2D eigenvalue weighted by Crippen LogP contribution is 2.13. The van der Waals surface area contributed by atoms with Gasteiger partial charge in [-0.15, -0.1) is 0 Å². The number of carboxylic acid groups (broad SMARTS) is 1. The number of thioether (sulfide) groups is 1. The van der Waals surface area contributed by atoms with Crippen LogP contribution in [0.2, 0.25) is 0 Å². The Morgan fingerprint density at radius 1 is 0.903 bits per heavy atom. The molecule has 6 atom stereocenters. The molecular weight excluding hydrogens is 424 g/mol. The maximum atomic E-state index is 13.0. The third-order valence-electron chi connectivity index (χ3n) is 5.35. The number of carbonyl (C=O) groups is 4. The van der Waals surface area contributed by atoms with Crippen LogP contribution in [-0.4, -0.2) is 76.7 Å². The highest BCUT2D eigenvalue weighted by Gasteiger charge is 2.34. The van der Waals surface area contributed by atoms with Crippen LogP contribution in [0.4, 0.5) is 0 Å². The van der Waals surface area contributed by atoms with E-state index in [1.807, 2.05) is 20.1 Å². The van der Waals surface area contributed by atoms with Gasteiger partial charge in [-0.3, -0.25) is 14.4 Å². The largest absolute Gasteiger partial charge is 0.480 e. The predicted molar refractivity (Wildman–Crippen MR) is 120 cm³/mol. The summed E-state index contributed by atoms with van der Waals surface area (Å²) in [7, 11) is 0. The molecule has 10 nitrogen and oxygen atoms in total. The summed E-state index contributed by atoms with van der Waals surface area (Å²) in [6.07, 6.45) is 3.24. The number of aliphatic hydroxyl groups is 1. The second-order valence-corrected chi connectivity index (χ2v) is 8.70. The fourth-order valence-corrected chi connectivity index (χ4v) is 3.22. The molecule has 0 saturated carbocycles. The van der Waals surface area contributed by atoms with Crippen molar-refractivity contribution in [3.63, 3.8) is 0 Å². The van der Waals surface area contributed by atoms with Crippen LogP contribution in [0.1, 0.15) is 47.0 Å². The predicted octanol–water partition coefficient (Wildman–Crippen LogP) is -0.310. The lowest BCUT2D eigenvalue weighted by Gasteiger charge is -2.30. The molecule has 0 aliphatic rings. The van der Waals surface area contributed by atoms with E-state index in [0.717, 1.165) is 0 Å². The van der Waals surface area contributed by atoms with Crippen molar-refractivity contribution in [3.05, 3.63) is 0 Å². The van der Waals surface area contributed by atoms with Crippen molar-refractivity contribution in [2.75, 3.05) is 18.6 Å². The minimum absolute atomic E-state index is 0.258. The fourth-order valence-electron chi connectivity index (χ4n) is 2.74. The Morgan fingerprint density at radius 3 is 1.74 bits per heavy atom. The number of rotatable bonds is 15. The molecule has 3 amide bonds. The Morgan fingerprint density at radius 2 is 1.35 bits per heavy atom. The van der Waals surface area contributed by atoms with Gasteiger partial charge in [-0.05, 0) is 30.3 Å². The number of hydrogen-bond acceptors (Lipinski definition) is 7. The van der Waals surface area contributed by atoms with E-state index in [1.165, 1.54) is 11.8 Å². The van der Waals surface area contributed by atoms with Crippen molar-refractivity contribution >= 4 is 35.5 Å². The lowest BCUT2D eigenvalue weighted by atomic mass is 9.94. The summed E-state index contributed by atoms with van der Waals surface area (Å²) in [5.74, 6) is -2.93. The molecular formula is C20H38N4O6S. The summed E-state index contributed by atoms with van der Waals surface area (Å²) in [5, 5.41) is 26.2. The molecule has 7 N–H and O–H groups in total. The highest BCUT2D eigenvalue weighted by atomic mass is 32.2. The van der Waals surface area contributed by atoms with E-state index in [9.17, 15) is 24.3 Å². The monoisotopic (exact) mass is 462 g/mol. The van der Waals surface area contributed by atoms with Crippen molar-refractivity contribution in [1.29, 1.82) is 0 Å². The SMILES string of the molecule is CCC(C)C(NC(=O)C(N)CO)C(=O)NC(C(=O)NC(CCSC)C(=O)O)C(C)CC. The third kappa shape index (κ3) is 9.88. The lowest BCUT2D eigenvalue weighted by Crippen LogP contribution is -2.60. The Labute approximate surface area is 188 Å². The molecule has 0 fully saturated rings. The van der Waals surface area contributed by atoms with Crippen LogP contribution in [0, 0.1) is 11.8 Å². The van der Waals surface area contributed by atoms with Crippen LogP contribution >= 0.6 is 11.8 Å². The van der Waals surface area contributed by atoms with Gasteiger partial charge in [0, 0.05) is 0 Å². The van der Waals surface area contributed by atoms with Gasteiger partial charge in [0.1, 0.15) is 24.2 Å². The lowest BCUT2D eigenvalue weighted by molar-refractivity contribution is -0.142. The zero-order valence-corrected chi connectivity index (χ0v) is 19.8. The van der Waals surface area contributed by atoms with Crippen LogP contribution < -0.4 is 21.7 Å². The van der Waals surface area contributed by atoms with Gasteiger partial charge < -0.3 is 31.9 Å². The minimum Gasteiger partial charge on any atom is -0.480 e. The van der Waals surface area contributed by atoms with Crippen LogP contribution in [0.3, 0.4) is 0 Å². The summed E-state index contributed by atoms with van der Waals surface area (Å²) >= 11 is 1.47. The summed E-state index contributed by atoms with van der Waals surface area (Å²) in [6.45, 7) is 6.70. The third-order valence-corrected chi connectivity index (χ3v) is 5.99. The van der Waals surface area contributed by atoms with Gasteiger partial charge in [-0.25, -0.2) is 4.79 Å². The van der Waals surface area contributed by atoms with Gasteiger partial charge in [0.05, 0.1) is 6.61 Å². The first-order valence-corrected chi connectivity index (χ1v) is 11.9. The van der Waals surface area contributed by atoms with Crippen LogP contribution in [0.25, 0.3) is 0 Å². The molecule has 0 bridgehead atoms. The fraction of sp³-hybridized carbons (Fsp3) is 0.800. The van der Waals surface area contributed by atoms with E-state index >= 15 is 0 Å². The number of aliphatic carboxylic acids is 1. The molecule has 0 saturated heterocycles. The van der Waals surface area contributed by atoms with Crippen molar-refractivity contribution in [2.24, 2.45) is 17.6 Å². The van der Waals surface area contributed by atoms with Gasteiger partial charge >= 0.3 is 5.97 Å². The molecule has 0 radical (unpaired) electrons. The number of amides is 3. The molecule has 0 aromatic rings. The molecule has 0 aromatic heterocycles. The van der Waals surface area contributed by atoms with Crippen LogP contribution in [0.5, 0.6) is 0 Å². The summed E-state index contributed by atoms with van der Waals surface area (Å²) in [5.41, 5.74) is 5.53. The molecule has 0 rings (SSSR count). The standard InChI is InChI=1S/C20H38N4O6S/c1-6-11(3)15(18(27)22-14(20(29)30)8-9-31-5)24-19(28)16(12(4)7-2)23-17(26)13(21)10-25/h11-16,25H,6-10,21H2,1-5H3,(H,22,27)(H,23,26)(H,24,28)(H,29,30). The molecule has 0 aliphatic heterocycles. The number of nitrogens with two attached hydrogens (primary N) is 1. The Kier molecular flexibility index (Phi) is 14.1. The molecule has 11 heteroatoms. The quantitative estimate of drug-likeness (QED) is 0.192. The Hall–Kier alpha value is -1.85. The molecule has 0 spiro atoms. The summed E-state index contributed by atoms with van der Waals surface area (Å²) < 4.78 is 0. The molecule has 31 heavy (non-hydrogen) atoms. The first-order valence-electron chi connectivity index (χ1n) is 10.5. The second-order valence-electron chi connectivity index (χ2n) is 7.71. The first-order chi connectivity index (χ1) is 14.5. The van der Waals surface area contributed by atoms with Crippen LogP contribution in [0.15, 0.2) is 0 Å². The summed E-state index contributed by atoms with van der Waals surface area (Å²) in [6, 6.07) is -4.15. The second kappa shape index (κ2) is 15.0. The van der Waals surface area contributed by atoms with E-state index in [4.69, 9.17) is 10.8 Å². The number of aliphatic hydroxyl groups excluding tert-OH is 1. The number of hydrogen-bond donors (Lipinski definition) is 6. The minimum atomic E-state index is -1.17. The molecule has 0 aromatic carbocycles. The van der Waals surface area contributed by atoms with Crippen molar-refractivity contribution in [3.8, 4) is 0 Å². The normalized spacial score (nSPS) is 16.9. The topological polar surface area (TPSA) is 171 Å². The number of carboxylic acids is 1. The van der Waals surface area contributed by atoms with Crippen LogP contribution in [-0.2, 0) is 19.2 Å². The van der Waals surface area contributed by atoms with Gasteiger partial charge in [0.15, 0.2) is 0 Å². The average molecular weight is 463 g/mol. The smallest absolute Gasteiger partial charge is 0.326 e. The van der Waals surface area contributed by atoms with Crippen molar-refractivity contribution in [1.82, 2.24) is 16.0 Å². The highest BCUT2D eigenvalue weighted by molar-refractivity contribution is 7.98. The van der Waals surface area contributed by atoms with Crippen molar-refractivity contribution in [2.45, 2.75) is 71.1 Å². The van der Waals surface area contributed by atoms with Crippen molar-refractivity contribution < 1.29 is 29.4 Å². The van der Waals surface area contributed by atoms with E-state index in [-0.39, 0.29) is 18.3 Å². The zero-order chi connectivity index (χ0) is 24.1. The summed E-state index contributed by atoms with van der Waals surface area (Å²) in [4.78, 5) is 49.4. The van der Waals surface area contributed by atoms with Gasteiger partial charge in [-0.1, -0.05) is 40.5 Å². The first kappa shape index (κ1) is 29.1. The number of carbonyl (C=O) groups excluding carboxylic acids is 3. The molecule has 6 unspecified atom stereocenters. The zero-order valence-electron chi connectivity index (χ0n) is 19.0. The maximum absolute atomic E-state index is 13.0. The average Bonchev–Trinajstić information content (AvgIpc) is 2.75. The van der Waals surface area contributed by atoms with E-state index < -0.39 is 54.5 Å². The Bertz CT molecular complexity index is 606. The van der Waals surface area contributed by atoms with Gasteiger partial charge in [0.25, 0.3) is 0 Å². The molecule has 0 heterocycles. The van der Waals surface area contributed by atoms with Gasteiger partial charge in [0.2, 0.25) is 17.7 Å². The van der Waals surface area contributed by atoms with E-state index in [2.05, 4.69) is 16.0 Å². The van der Waals surface area contributed by atoms with E-state index in [0.29, 0.717) is 18.6 Å². The molecule has 0 aliphatic carbocycles. The number of nitrogens with one attached hydrogen (secondary N) is 3. The van der Waals surface area contributed by atoms with E-state index in [1.54, 1.807) is 13.8 Å².